The highest BCUT2D eigenvalue weighted by Crippen LogP contribution is 2.30. The molecule has 2 rings (SSSR count). The third-order valence-corrected chi connectivity index (χ3v) is 3.35. The van der Waals surface area contributed by atoms with Crippen LogP contribution in [0.3, 0.4) is 0 Å². The van der Waals surface area contributed by atoms with Crippen molar-refractivity contribution in [2.75, 3.05) is 18.4 Å². The van der Waals surface area contributed by atoms with Crippen LogP contribution in [-0.2, 0) is 6.54 Å². The number of hydrogen-bond donors (Lipinski definition) is 1. The van der Waals surface area contributed by atoms with Gasteiger partial charge in [-0.2, -0.15) is 0 Å². The summed E-state index contributed by atoms with van der Waals surface area (Å²) in [5.41, 5.74) is 1.06. The molecule has 100 valence electrons. The zero-order valence-electron chi connectivity index (χ0n) is 11.7. The van der Waals surface area contributed by atoms with Gasteiger partial charge in [-0.15, -0.1) is 0 Å². The molecule has 0 atom stereocenters. The summed E-state index contributed by atoms with van der Waals surface area (Å²) < 4.78 is 0. The summed E-state index contributed by atoms with van der Waals surface area (Å²) in [7, 11) is 0. The largest absolute Gasteiger partial charge is 0.369 e. The Bertz CT molecular complexity index is 357. The van der Waals surface area contributed by atoms with Gasteiger partial charge in [0.15, 0.2) is 0 Å². The summed E-state index contributed by atoms with van der Waals surface area (Å²) in [6, 6.07) is 0.570. The zero-order valence-corrected chi connectivity index (χ0v) is 11.7. The van der Waals surface area contributed by atoms with Crippen LogP contribution in [0.5, 0.6) is 0 Å². The third-order valence-electron chi connectivity index (χ3n) is 3.35. The molecule has 1 N–H and O–H groups in total. The second-order valence-electron chi connectivity index (χ2n) is 5.39. The lowest BCUT2D eigenvalue weighted by molar-refractivity contribution is 0.201. The highest BCUT2D eigenvalue weighted by Gasteiger charge is 2.25. The first-order valence-corrected chi connectivity index (χ1v) is 6.98. The van der Waals surface area contributed by atoms with Gasteiger partial charge in [0.25, 0.3) is 0 Å². The Balaban J connectivity index is 1.92. The predicted octanol–water partition coefficient (Wildman–Crippen LogP) is 2.53. The quantitative estimate of drug-likeness (QED) is 0.805. The summed E-state index contributed by atoms with van der Waals surface area (Å²) in [6.45, 7) is 9.56. The first kappa shape index (κ1) is 13.3. The van der Waals surface area contributed by atoms with E-state index in [2.05, 4.69) is 41.0 Å². The van der Waals surface area contributed by atoms with Crippen molar-refractivity contribution in [3.05, 3.63) is 18.1 Å². The maximum atomic E-state index is 4.48. The minimum Gasteiger partial charge on any atom is -0.369 e. The van der Waals surface area contributed by atoms with Gasteiger partial charge in [-0.05, 0) is 39.5 Å². The molecule has 0 saturated heterocycles. The average molecular weight is 248 g/mol. The van der Waals surface area contributed by atoms with Gasteiger partial charge >= 0.3 is 0 Å². The fourth-order valence-corrected chi connectivity index (χ4v) is 2.01. The second kappa shape index (κ2) is 6.14. The highest BCUT2D eigenvalue weighted by atomic mass is 15.2. The Kier molecular flexibility index (Phi) is 4.53. The van der Waals surface area contributed by atoms with Gasteiger partial charge in [-0.25, -0.2) is 4.98 Å². The van der Waals surface area contributed by atoms with Crippen molar-refractivity contribution in [3.63, 3.8) is 0 Å². The first-order chi connectivity index (χ1) is 8.69. The van der Waals surface area contributed by atoms with Crippen molar-refractivity contribution in [2.45, 2.75) is 46.2 Å². The first-order valence-electron chi connectivity index (χ1n) is 6.98. The van der Waals surface area contributed by atoms with Crippen molar-refractivity contribution < 1.29 is 0 Å². The molecule has 0 unspecified atom stereocenters. The fraction of sp³-hybridized carbons (Fsp3) is 0.714. The minimum atomic E-state index is 0.570. The maximum Gasteiger partial charge on any atom is 0.144 e. The standard InChI is InChI=1S/C14H24N4/c1-4-15-14-8-16-13(7-17-14)10-18(11(2)3)9-12-5-6-12/h7-8,11-12H,4-6,9-10H2,1-3H3,(H,15,17). The van der Waals surface area contributed by atoms with Crippen LogP contribution in [-0.4, -0.2) is 34.0 Å². The van der Waals surface area contributed by atoms with Crippen LogP contribution in [0, 0.1) is 5.92 Å². The molecule has 4 heteroatoms. The van der Waals surface area contributed by atoms with Crippen molar-refractivity contribution in [3.8, 4) is 0 Å². The SMILES string of the molecule is CCNc1cnc(CN(CC2CC2)C(C)C)cn1. The molecule has 1 heterocycles. The van der Waals surface area contributed by atoms with Gasteiger partial charge in [0, 0.05) is 25.7 Å². The van der Waals surface area contributed by atoms with E-state index < -0.39 is 0 Å². The number of anilines is 1. The van der Waals surface area contributed by atoms with Crippen LogP contribution in [0.1, 0.15) is 39.3 Å². The molecule has 0 aliphatic heterocycles. The van der Waals surface area contributed by atoms with Crippen LogP contribution in [0.2, 0.25) is 0 Å². The summed E-state index contributed by atoms with van der Waals surface area (Å²) >= 11 is 0. The molecule has 1 aromatic heterocycles. The van der Waals surface area contributed by atoms with Crippen molar-refractivity contribution in [1.82, 2.24) is 14.9 Å². The van der Waals surface area contributed by atoms with E-state index in [4.69, 9.17) is 0 Å². The Morgan fingerprint density at radius 2 is 2.11 bits per heavy atom. The van der Waals surface area contributed by atoms with Crippen molar-refractivity contribution in [2.24, 2.45) is 5.92 Å². The molecule has 4 nitrogen and oxygen atoms in total. The Morgan fingerprint density at radius 3 is 2.61 bits per heavy atom. The monoisotopic (exact) mass is 248 g/mol. The molecule has 1 aromatic rings. The van der Waals surface area contributed by atoms with E-state index >= 15 is 0 Å². The van der Waals surface area contributed by atoms with Gasteiger partial charge in [-0.3, -0.25) is 9.88 Å². The third kappa shape index (κ3) is 3.95. The van der Waals surface area contributed by atoms with Gasteiger partial charge in [-0.1, -0.05) is 0 Å². The van der Waals surface area contributed by atoms with Crippen molar-refractivity contribution >= 4 is 5.82 Å². The van der Waals surface area contributed by atoms with E-state index in [1.807, 2.05) is 12.4 Å². The lowest BCUT2D eigenvalue weighted by atomic mass is 10.2. The molecular formula is C14H24N4. The molecular weight excluding hydrogens is 224 g/mol. The molecule has 0 amide bonds. The summed E-state index contributed by atoms with van der Waals surface area (Å²) in [4.78, 5) is 11.4. The molecule has 1 fully saturated rings. The van der Waals surface area contributed by atoms with Crippen LogP contribution < -0.4 is 5.32 Å². The summed E-state index contributed by atoms with van der Waals surface area (Å²) in [5, 5.41) is 3.17. The van der Waals surface area contributed by atoms with Crippen molar-refractivity contribution in [1.29, 1.82) is 0 Å². The smallest absolute Gasteiger partial charge is 0.144 e. The van der Waals surface area contributed by atoms with Gasteiger partial charge in [0.1, 0.15) is 5.82 Å². The van der Waals surface area contributed by atoms with Crippen LogP contribution >= 0.6 is 0 Å². The Hall–Kier alpha value is -1.16. The van der Waals surface area contributed by atoms with E-state index in [0.717, 1.165) is 30.5 Å². The zero-order chi connectivity index (χ0) is 13.0. The number of nitrogens with zero attached hydrogens (tertiary/aromatic N) is 3. The number of rotatable bonds is 7. The Morgan fingerprint density at radius 1 is 1.33 bits per heavy atom. The van der Waals surface area contributed by atoms with Crippen LogP contribution in [0.4, 0.5) is 5.82 Å². The number of aromatic nitrogens is 2. The Labute approximate surface area is 110 Å². The number of hydrogen-bond acceptors (Lipinski definition) is 4. The average Bonchev–Trinajstić information content (AvgIpc) is 3.15. The van der Waals surface area contributed by atoms with E-state index in [-0.39, 0.29) is 0 Å². The minimum absolute atomic E-state index is 0.570. The highest BCUT2D eigenvalue weighted by molar-refractivity contribution is 5.30. The predicted molar refractivity (Wildman–Crippen MR) is 74.5 cm³/mol. The van der Waals surface area contributed by atoms with E-state index in [1.54, 1.807) is 0 Å². The molecule has 0 aromatic carbocycles. The van der Waals surface area contributed by atoms with Gasteiger partial charge < -0.3 is 5.32 Å². The molecule has 1 aliphatic carbocycles. The fourth-order valence-electron chi connectivity index (χ4n) is 2.01. The van der Waals surface area contributed by atoms with E-state index in [0.29, 0.717) is 6.04 Å². The topological polar surface area (TPSA) is 41.1 Å². The molecule has 18 heavy (non-hydrogen) atoms. The molecule has 1 saturated carbocycles. The van der Waals surface area contributed by atoms with E-state index in [1.165, 1.54) is 19.4 Å². The van der Waals surface area contributed by atoms with E-state index in [9.17, 15) is 0 Å². The van der Waals surface area contributed by atoms with Crippen LogP contribution in [0.15, 0.2) is 12.4 Å². The normalized spacial score (nSPS) is 15.4. The van der Waals surface area contributed by atoms with Gasteiger partial charge in [0.05, 0.1) is 18.1 Å². The summed E-state index contributed by atoms with van der Waals surface area (Å²) in [5.74, 6) is 1.78. The molecule has 0 bridgehead atoms. The second-order valence-corrected chi connectivity index (χ2v) is 5.39. The lowest BCUT2D eigenvalue weighted by Gasteiger charge is -2.25. The number of nitrogens with one attached hydrogen (secondary N) is 1. The summed E-state index contributed by atoms with van der Waals surface area (Å²) in [6.07, 6.45) is 6.51. The van der Waals surface area contributed by atoms with Gasteiger partial charge in [0.2, 0.25) is 0 Å². The maximum absolute atomic E-state index is 4.48. The van der Waals surface area contributed by atoms with Crippen LogP contribution in [0.25, 0.3) is 0 Å². The molecule has 1 aliphatic rings. The lowest BCUT2D eigenvalue weighted by Crippen LogP contribution is -2.32. The molecule has 0 radical (unpaired) electrons. The molecule has 0 spiro atoms.